The van der Waals surface area contributed by atoms with Gasteiger partial charge in [0.1, 0.15) is 0 Å². The Labute approximate surface area is 125 Å². The Hall–Kier alpha value is -1.95. The lowest BCUT2D eigenvalue weighted by Crippen LogP contribution is -2.10. The summed E-state index contributed by atoms with van der Waals surface area (Å²) in [6, 6.07) is 1.90. The zero-order chi connectivity index (χ0) is 15.2. The summed E-state index contributed by atoms with van der Waals surface area (Å²) in [5.74, 6) is 0.639. The second-order valence-corrected chi connectivity index (χ2v) is 5.27. The van der Waals surface area contributed by atoms with Crippen molar-refractivity contribution < 1.29 is 4.74 Å². The average molecular weight is 289 g/mol. The number of aromatic nitrogens is 4. The second-order valence-electron chi connectivity index (χ2n) is 5.27. The fourth-order valence-corrected chi connectivity index (χ4v) is 2.04. The number of ether oxygens (including phenoxy) is 1. The van der Waals surface area contributed by atoms with E-state index in [9.17, 15) is 0 Å². The minimum atomic E-state index is 0.276. The first-order valence-corrected chi connectivity index (χ1v) is 7.25. The molecule has 0 unspecified atom stereocenters. The fraction of sp³-hybridized carbons (Fsp3) is 0.533. The van der Waals surface area contributed by atoms with Crippen molar-refractivity contribution in [2.24, 2.45) is 7.05 Å². The number of aryl methyl sites for hydroxylation is 2. The summed E-state index contributed by atoms with van der Waals surface area (Å²) in [5, 5.41) is 7.56. The summed E-state index contributed by atoms with van der Waals surface area (Å²) in [4.78, 5) is 8.78. The summed E-state index contributed by atoms with van der Waals surface area (Å²) >= 11 is 0. The SMILES string of the molecule is Cc1nn(C)cc1-c1ccnc(NCCCOC(C)C)n1. The molecule has 0 spiro atoms. The summed E-state index contributed by atoms with van der Waals surface area (Å²) < 4.78 is 7.29. The molecule has 0 bridgehead atoms. The molecule has 114 valence electrons. The molecular weight excluding hydrogens is 266 g/mol. The van der Waals surface area contributed by atoms with E-state index >= 15 is 0 Å². The molecule has 0 atom stereocenters. The van der Waals surface area contributed by atoms with Crippen LogP contribution in [-0.4, -0.2) is 39.0 Å². The van der Waals surface area contributed by atoms with Crippen LogP contribution in [0.3, 0.4) is 0 Å². The molecule has 0 aliphatic heterocycles. The Morgan fingerprint density at radius 2 is 2.19 bits per heavy atom. The Morgan fingerprint density at radius 3 is 2.86 bits per heavy atom. The molecule has 2 aromatic rings. The molecule has 0 amide bonds. The van der Waals surface area contributed by atoms with E-state index in [1.807, 2.05) is 40.1 Å². The van der Waals surface area contributed by atoms with E-state index in [0.29, 0.717) is 5.95 Å². The molecule has 2 heterocycles. The summed E-state index contributed by atoms with van der Waals surface area (Å²) in [6.45, 7) is 7.59. The van der Waals surface area contributed by atoms with Crippen LogP contribution in [0.2, 0.25) is 0 Å². The van der Waals surface area contributed by atoms with Crippen LogP contribution in [0, 0.1) is 6.92 Å². The van der Waals surface area contributed by atoms with Crippen molar-refractivity contribution in [3.8, 4) is 11.3 Å². The van der Waals surface area contributed by atoms with Gasteiger partial charge >= 0.3 is 0 Å². The van der Waals surface area contributed by atoms with Crippen LogP contribution >= 0.6 is 0 Å². The van der Waals surface area contributed by atoms with Crippen molar-refractivity contribution in [3.63, 3.8) is 0 Å². The molecular formula is C15H23N5O. The van der Waals surface area contributed by atoms with Gasteiger partial charge < -0.3 is 10.1 Å². The van der Waals surface area contributed by atoms with Gasteiger partial charge in [0.15, 0.2) is 0 Å². The van der Waals surface area contributed by atoms with Gasteiger partial charge in [0, 0.05) is 38.2 Å². The van der Waals surface area contributed by atoms with Gasteiger partial charge in [-0.05, 0) is 33.3 Å². The monoisotopic (exact) mass is 289 g/mol. The number of hydrogen-bond acceptors (Lipinski definition) is 5. The lowest BCUT2D eigenvalue weighted by atomic mass is 10.2. The molecule has 1 N–H and O–H groups in total. The summed E-state index contributed by atoms with van der Waals surface area (Å²) in [5.41, 5.74) is 2.88. The number of anilines is 1. The third-order valence-corrected chi connectivity index (χ3v) is 3.00. The van der Waals surface area contributed by atoms with E-state index in [-0.39, 0.29) is 6.10 Å². The normalized spacial score (nSPS) is 11.1. The van der Waals surface area contributed by atoms with Gasteiger partial charge in [0.2, 0.25) is 5.95 Å². The molecule has 0 saturated heterocycles. The molecule has 2 rings (SSSR count). The predicted octanol–water partition coefficient (Wildman–Crippen LogP) is 2.41. The van der Waals surface area contributed by atoms with Gasteiger partial charge in [-0.15, -0.1) is 0 Å². The van der Waals surface area contributed by atoms with Gasteiger partial charge in [-0.2, -0.15) is 5.10 Å². The highest BCUT2D eigenvalue weighted by molar-refractivity contribution is 5.61. The van der Waals surface area contributed by atoms with Gasteiger partial charge in [-0.25, -0.2) is 9.97 Å². The van der Waals surface area contributed by atoms with Crippen LogP contribution in [0.15, 0.2) is 18.5 Å². The summed E-state index contributed by atoms with van der Waals surface area (Å²) in [6.07, 6.45) is 4.94. The average Bonchev–Trinajstić information content (AvgIpc) is 2.77. The molecule has 2 aromatic heterocycles. The Morgan fingerprint density at radius 1 is 1.38 bits per heavy atom. The lowest BCUT2D eigenvalue weighted by molar-refractivity contribution is 0.0787. The number of hydrogen-bond donors (Lipinski definition) is 1. The van der Waals surface area contributed by atoms with Crippen molar-refractivity contribution in [3.05, 3.63) is 24.2 Å². The van der Waals surface area contributed by atoms with E-state index in [1.165, 1.54) is 0 Å². The van der Waals surface area contributed by atoms with E-state index in [0.717, 1.165) is 36.5 Å². The molecule has 21 heavy (non-hydrogen) atoms. The molecule has 6 heteroatoms. The lowest BCUT2D eigenvalue weighted by Gasteiger charge is -2.08. The summed E-state index contributed by atoms with van der Waals surface area (Å²) in [7, 11) is 1.91. The number of nitrogens with one attached hydrogen (secondary N) is 1. The standard InChI is InChI=1S/C15H23N5O/c1-11(2)21-9-5-7-16-15-17-8-6-14(18-15)13-10-20(4)19-12(13)3/h6,8,10-11H,5,7,9H2,1-4H3,(H,16,17,18). The molecule has 0 aliphatic carbocycles. The zero-order valence-corrected chi connectivity index (χ0v) is 13.1. The van der Waals surface area contributed by atoms with Crippen molar-refractivity contribution >= 4 is 5.95 Å². The van der Waals surface area contributed by atoms with Gasteiger partial charge in [-0.1, -0.05) is 0 Å². The van der Waals surface area contributed by atoms with E-state index < -0.39 is 0 Å². The third-order valence-electron chi connectivity index (χ3n) is 3.00. The maximum atomic E-state index is 5.50. The zero-order valence-electron chi connectivity index (χ0n) is 13.1. The highest BCUT2D eigenvalue weighted by Gasteiger charge is 2.08. The molecule has 0 fully saturated rings. The minimum Gasteiger partial charge on any atom is -0.379 e. The first-order valence-electron chi connectivity index (χ1n) is 7.25. The molecule has 0 aliphatic rings. The number of nitrogens with zero attached hydrogens (tertiary/aromatic N) is 4. The first kappa shape index (κ1) is 15.4. The first-order chi connectivity index (χ1) is 10.1. The van der Waals surface area contributed by atoms with E-state index in [2.05, 4.69) is 20.4 Å². The largest absolute Gasteiger partial charge is 0.379 e. The van der Waals surface area contributed by atoms with Gasteiger partial charge in [0.05, 0.1) is 17.5 Å². The van der Waals surface area contributed by atoms with E-state index in [1.54, 1.807) is 10.9 Å². The third kappa shape index (κ3) is 4.53. The van der Waals surface area contributed by atoms with Crippen LogP contribution < -0.4 is 5.32 Å². The van der Waals surface area contributed by atoms with Crippen molar-refractivity contribution in [2.75, 3.05) is 18.5 Å². The smallest absolute Gasteiger partial charge is 0.223 e. The van der Waals surface area contributed by atoms with Crippen LogP contribution in [0.4, 0.5) is 5.95 Å². The maximum absolute atomic E-state index is 5.50. The minimum absolute atomic E-state index is 0.276. The molecule has 0 saturated carbocycles. The molecule has 6 nitrogen and oxygen atoms in total. The van der Waals surface area contributed by atoms with Crippen molar-refractivity contribution in [1.29, 1.82) is 0 Å². The van der Waals surface area contributed by atoms with Crippen LogP contribution in [-0.2, 0) is 11.8 Å². The highest BCUT2D eigenvalue weighted by atomic mass is 16.5. The van der Waals surface area contributed by atoms with Crippen molar-refractivity contribution in [1.82, 2.24) is 19.7 Å². The topological polar surface area (TPSA) is 64.9 Å². The van der Waals surface area contributed by atoms with Crippen LogP contribution in [0.25, 0.3) is 11.3 Å². The molecule has 0 radical (unpaired) electrons. The van der Waals surface area contributed by atoms with Crippen LogP contribution in [0.5, 0.6) is 0 Å². The Balaban J connectivity index is 1.94. The van der Waals surface area contributed by atoms with E-state index in [4.69, 9.17) is 4.74 Å². The van der Waals surface area contributed by atoms with Crippen LogP contribution in [0.1, 0.15) is 26.0 Å². The van der Waals surface area contributed by atoms with Crippen molar-refractivity contribution in [2.45, 2.75) is 33.3 Å². The molecule has 0 aromatic carbocycles. The fourth-order valence-electron chi connectivity index (χ4n) is 2.04. The maximum Gasteiger partial charge on any atom is 0.223 e. The van der Waals surface area contributed by atoms with Gasteiger partial charge in [-0.3, -0.25) is 4.68 Å². The Bertz CT molecular complexity index is 579. The second kappa shape index (κ2) is 7.17. The predicted molar refractivity (Wildman–Crippen MR) is 83.2 cm³/mol. The van der Waals surface area contributed by atoms with Gasteiger partial charge in [0.25, 0.3) is 0 Å². The quantitative estimate of drug-likeness (QED) is 0.793. The number of rotatable bonds is 7. The highest BCUT2D eigenvalue weighted by Crippen LogP contribution is 2.20. The Kier molecular flexibility index (Phi) is 5.27.